The summed E-state index contributed by atoms with van der Waals surface area (Å²) in [5, 5.41) is 12.3. The van der Waals surface area contributed by atoms with Crippen molar-refractivity contribution in [1.29, 1.82) is 0 Å². The molecule has 0 unspecified atom stereocenters. The predicted molar refractivity (Wildman–Crippen MR) is 103 cm³/mol. The van der Waals surface area contributed by atoms with E-state index in [1.807, 2.05) is 42.5 Å². The molecule has 1 aromatic carbocycles. The summed E-state index contributed by atoms with van der Waals surface area (Å²) in [6.07, 6.45) is 0. The standard InChI is InChI=1S/C19H19N3O4S/c20-18-15(7-8-16(22-18)25-11-10-23)19(24)21-12-14-6-9-17(27-14)26-13-4-2-1-3-5-13/h1-9,23H,10-12H2,(H2,20,22)(H,21,24). The van der Waals surface area contributed by atoms with Crippen molar-refractivity contribution in [2.24, 2.45) is 0 Å². The first kappa shape index (κ1) is 18.7. The molecule has 4 N–H and O–H groups in total. The fourth-order valence-electron chi connectivity index (χ4n) is 2.25. The molecule has 0 saturated carbocycles. The van der Waals surface area contributed by atoms with Gasteiger partial charge >= 0.3 is 0 Å². The van der Waals surface area contributed by atoms with Gasteiger partial charge in [-0.25, -0.2) is 0 Å². The minimum Gasteiger partial charge on any atom is -0.475 e. The molecule has 0 spiro atoms. The van der Waals surface area contributed by atoms with Gasteiger partial charge in [-0.2, -0.15) is 4.98 Å². The van der Waals surface area contributed by atoms with E-state index in [-0.39, 0.29) is 36.4 Å². The summed E-state index contributed by atoms with van der Waals surface area (Å²) in [4.78, 5) is 17.3. The van der Waals surface area contributed by atoms with Crippen molar-refractivity contribution in [2.45, 2.75) is 6.54 Å². The zero-order chi connectivity index (χ0) is 19.1. The average molecular weight is 385 g/mol. The average Bonchev–Trinajstić information content (AvgIpc) is 3.12. The Kier molecular flexibility index (Phi) is 6.24. The van der Waals surface area contributed by atoms with Gasteiger partial charge in [0.1, 0.15) is 18.2 Å². The van der Waals surface area contributed by atoms with Gasteiger partial charge < -0.3 is 25.6 Å². The van der Waals surface area contributed by atoms with Crippen LogP contribution in [0.3, 0.4) is 0 Å². The number of ether oxygens (including phenoxy) is 2. The number of carbonyl (C=O) groups excluding carboxylic acids is 1. The molecule has 8 heteroatoms. The van der Waals surface area contributed by atoms with Gasteiger partial charge in [-0.1, -0.05) is 18.2 Å². The van der Waals surface area contributed by atoms with Crippen molar-refractivity contribution in [2.75, 3.05) is 18.9 Å². The van der Waals surface area contributed by atoms with Crippen molar-refractivity contribution < 1.29 is 19.4 Å². The van der Waals surface area contributed by atoms with Crippen LogP contribution in [0.5, 0.6) is 16.7 Å². The number of carbonyl (C=O) groups is 1. The van der Waals surface area contributed by atoms with E-state index in [2.05, 4.69) is 10.3 Å². The molecular formula is C19H19N3O4S. The summed E-state index contributed by atoms with van der Waals surface area (Å²) in [6.45, 7) is 0.341. The normalized spacial score (nSPS) is 10.4. The van der Waals surface area contributed by atoms with Crippen LogP contribution in [0.2, 0.25) is 0 Å². The lowest BCUT2D eigenvalue weighted by molar-refractivity contribution is 0.0951. The number of aliphatic hydroxyl groups is 1. The van der Waals surface area contributed by atoms with Crippen LogP contribution in [-0.4, -0.2) is 29.2 Å². The number of benzene rings is 1. The Morgan fingerprint density at radius 3 is 2.70 bits per heavy atom. The molecule has 7 nitrogen and oxygen atoms in total. The van der Waals surface area contributed by atoms with E-state index in [1.54, 1.807) is 6.07 Å². The van der Waals surface area contributed by atoms with E-state index >= 15 is 0 Å². The van der Waals surface area contributed by atoms with E-state index in [0.717, 1.165) is 15.7 Å². The van der Waals surface area contributed by atoms with Gasteiger partial charge in [0.15, 0.2) is 5.06 Å². The molecule has 3 rings (SSSR count). The number of nitrogens with one attached hydrogen (secondary N) is 1. The lowest BCUT2D eigenvalue weighted by Crippen LogP contribution is -2.23. The molecule has 27 heavy (non-hydrogen) atoms. The highest BCUT2D eigenvalue weighted by Crippen LogP contribution is 2.29. The molecule has 140 valence electrons. The summed E-state index contributed by atoms with van der Waals surface area (Å²) in [7, 11) is 0. The smallest absolute Gasteiger partial charge is 0.255 e. The maximum Gasteiger partial charge on any atom is 0.255 e. The molecule has 0 aliphatic heterocycles. The highest BCUT2D eigenvalue weighted by molar-refractivity contribution is 7.13. The zero-order valence-electron chi connectivity index (χ0n) is 14.4. The molecule has 1 amide bonds. The Labute approximate surface area is 160 Å². The van der Waals surface area contributed by atoms with E-state index in [4.69, 9.17) is 20.3 Å². The first-order chi connectivity index (χ1) is 13.2. The number of rotatable bonds is 8. The summed E-state index contributed by atoms with van der Waals surface area (Å²) >= 11 is 1.45. The molecule has 0 radical (unpaired) electrons. The van der Waals surface area contributed by atoms with Crippen LogP contribution in [0.1, 0.15) is 15.2 Å². The molecule has 0 atom stereocenters. The fraction of sp³-hybridized carbons (Fsp3) is 0.158. The van der Waals surface area contributed by atoms with E-state index in [1.165, 1.54) is 17.4 Å². The fourth-order valence-corrected chi connectivity index (χ4v) is 3.07. The van der Waals surface area contributed by atoms with Gasteiger partial charge in [0.25, 0.3) is 5.91 Å². The topological polar surface area (TPSA) is 107 Å². The second-order valence-corrected chi connectivity index (χ2v) is 6.60. The number of hydrogen-bond donors (Lipinski definition) is 3. The number of thiophene rings is 1. The third-order valence-electron chi connectivity index (χ3n) is 3.51. The Bertz CT molecular complexity index is 899. The second-order valence-electron chi connectivity index (χ2n) is 5.47. The Balaban J connectivity index is 1.56. The van der Waals surface area contributed by atoms with Crippen LogP contribution in [0.15, 0.2) is 54.6 Å². The van der Waals surface area contributed by atoms with E-state index in [9.17, 15) is 4.79 Å². The minimum absolute atomic E-state index is 0.0715. The van der Waals surface area contributed by atoms with E-state index < -0.39 is 0 Å². The molecule has 2 heterocycles. The van der Waals surface area contributed by atoms with Crippen LogP contribution in [0.4, 0.5) is 5.82 Å². The van der Waals surface area contributed by atoms with Crippen molar-refractivity contribution >= 4 is 23.1 Å². The van der Waals surface area contributed by atoms with Crippen molar-refractivity contribution in [1.82, 2.24) is 10.3 Å². The first-order valence-corrected chi connectivity index (χ1v) is 9.07. The number of para-hydroxylation sites is 1. The third kappa shape index (κ3) is 5.19. The van der Waals surface area contributed by atoms with Crippen molar-refractivity contribution in [3.8, 4) is 16.7 Å². The highest BCUT2D eigenvalue weighted by Gasteiger charge is 2.12. The Morgan fingerprint density at radius 1 is 1.15 bits per heavy atom. The number of aliphatic hydroxyl groups excluding tert-OH is 1. The molecule has 2 aromatic heterocycles. The number of hydrogen-bond acceptors (Lipinski definition) is 7. The largest absolute Gasteiger partial charge is 0.475 e. The number of amides is 1. The van der Waals surface area contributed by atoms with Gasteiger partial charge in [-0.05, 0) is 30.3 Å². The van der Waals surface area contributed by atoms with Crippen LogP contribution >= 0.6 is 11.3 Å². The van der Waals surface area contributed by atoms with Crippen LogP contribution in [0, 0.1) is 0 Å². The van der Waals surface area contributed by atoms with Gasteiger partial charge in [0.05, 0.1) is 18.7 Å². The first-order valence-electron chi connectivity index (χ1n) is 8.25. The number of nitrogens with zero attached hydrogens (tertiary/aromatic N) is 1. The Morgan fingerprint density at radius 2 is 1.96 bits per heavy atom. The number of anilines is 1. The minimum atomic E-state index is -0.326. The lowest BCUT2D eigenvalue weighted by atomic mass is 10.2. The number of pyridine rings is 1. The summed E-state index contributed by atoms with van der Waals surface area (Å²) in [5.41, 5.74) is 6.09. The number of nitrogen functional groups attached to an aromatic ring is 1. The lowest BCUT2D eigenvalue weighted by Gasteiger charge is -2.08. The number of nitrogens with two attached hydrogens (primary N) is 1. The van der Waals surface area contributed by atoms with Crippen molar-refractivity contribution in [3.63, 3.8) is 0 Å². The molecule has 0 aliphatic rings. The van der Waals surface area contributed by atoms with Gasteiger partial charge in [0.2, 0.25) is 5.88 Å². The molecule has 0 bridgehead atoms. The monoisotopic (exact) mass is 385 g/mol. The Hall–Kier alpha value is -3.10. The van der Waals surface area contributed by atoms with Crippen LogP contribution in [0.25, 0.3) is 0 Å². The van der Waals surface area contributed by atoms with E-state index in [0.29, 0.717) is 6.54 Å². The maximum absolute atomic E-state index is 12.3. The summed E-state index contributed by atoms with van der Waals surface area (Å²) < 4.78 is 10.9. The quantitative estimate of drug-likeness (QED) is 0.550. The molecule has 0 saturated heterocycles. The highest BCUT2D eigenvalue weighted by atomic mass is 32.1. The van der Waals surface area contributed by atoms with Crippen LogP contribution in [-0.2, 0) is 6.54 Å². The molecule has 3 aromatic rings. The summed E-state index contributed by atoms with van der Waals surface area (Å²) in [5.74, 6) is 0.770. The van der Waals surface area contributed by atoms with Crippen LogP contribution < -0.4 is 20.5 Å². The van der Waals surface area contributed by atoms with Gasteiger partial charge in [-0.3, -0.25) is 4.79 Å². The summed E-state index contributed by atoms with van der Waals surface area (Å²) in [6, 6.07) is 16.3. The second kappa shape index (κ2) is 9.02. The SMILES string of the molecule is Nc1nc(OCCO)ccc1C(=O)NCc1ccc(Oc2ccccc2)s1. The van der Waals surface area contributed by atoms with Gasteiger partial charge in [0, 0.05) is 10.9 Å². The molecular weight excluding hydrogens is 366 g/mol. The van der Waals surface area contributed by atoms with Crippen molar-refractivity contribution in [3.05, 3.63) is 65.0 Å². The predicted octanol–water partition coefficient (Wildman–Crippen LogP) is 2.82. The van der Waals surface area contributed by atoms with Gasteiger partial charge in [-0.15, -0.1) is 11.3 Å². The zero-order valence-corrected chi connectivity index (χ0v) is 15.2. The number of aromatic nitrogens is 1. The molecule has 0 fully saturated rings. The maximum atomic E-state index is 12.3. The third-order valence-corrected chi connectivity index (χ3v) is 4.47. The molecule has 0 aliphatic carbocycles.